The maximum atomic E-state index is 12.7. The van der Waals surface area contributed by atoms with Crippen molar-refractivity contribution in [2.75, 3.05) is 5.32 Å². The van der Waals surface area contributed by atoms with Gasteiger partial charge in [-0.15, -0.1) is 0 Å². The van der Waals surface area contributed by atoms with Gasteiger partial charge in [-0.3, -0.25) is 4.79 Å². The summed E-state index contributed by atoms with van der Waals surface area (Å²) in [6.45, 7) is 2.46. The highest BCUT2D eigenvalue weighted by molar-refractivity contribution is 5.54. The Morgan fingerprint density at radius 3 is 2.71 bits per heavy atom. The van der Waals surface area contributed by atoms with Crippen LogP contribution in [0.1, 0.15) is 6.92 Å². The summed E-state index contributed by atoms with van der Waals surface area (Å²) < 4.78 is 14.3. The van der Waals surface area contributed by atoms with Gasteiger partial charge in [0.05, 0.1) is 0 Å². The van der Waals surface area contributed by atoms with E-state index < -0.39 is 0 Å². The standard InChI is InChI=1S/C12H12FN3O/c1-2-16-8-7-14-11(12(16)17)15-10-5-3-9(13)4-6-10/h3-8H,2H2,1H3,(H,14,15). The lowest BCUT2D eigenvalue weighted by Crippen LogP contribution is -2.22. The van der Waals surface area contributed by atoms with Gasteiger partial charge in [-0.1, -0.05) is 0 Å². The minimum atomic E-state index is -0.317. The van der Waals surface area contributed by atoms with Crippen molar-refractivity contribution in [2.45, 2.75) is 13.5 Å². The molecule has 0 amide bonds. The minimum Gasteiger partial charge on any atom is -0.336 e. The lowest BCUT2D eigenvalue weighted by atomic mass is 10.3. The van der Waals surface area contributed by atoms with Crippen LogP contribution in [0.2, 0.25) is 0 Å². The number of benzene rings is 1. The first-order valence-electron chi connectivity index (χ1n) is 5.28. The molecule has 1 heterocycles. The zero-order valence-electron chi connectivity index (χ0n) is 9.35. The fourth-order valence-electron chi connectivity index (χ4n) is 1.45. The Morgan fingerprint density at radius 1 is 1.35 bits per heavy atom. The number of hydrogen-bond acceptors (Lipinski definition) is 3. The van der Waals surface area contributed by atoms with Gasteiger partial charge < -0.3 is 9.88 Å². The quantitative estimate of drug-likeness (QED) is 0.883. The molecule has 0 saturated carbocycles. The molecule has 0 aliphatic rings. The zero-order chi connectivity index (χ0) is 12.3. The number of halogens is 1. The predicted molar refractivity (Wildman–Crippen MR) is 63.9 cm³/mol. The largest absolute Gasteiger partial charge is 0.336 e. The number of rotatable bonds is 3. The first kappa shape index (κ1) is 11.3. The van der Waals surface area contributed by atoms with Gasteiger partial charge in [0.1, 0.15) is 5.82 Å². The fraction of sp³-hybridized carbons (Fsp3) is 0.167. The molecule has 0 spiro atoms. The molecule has 0 aliphatic heterocycles. The SMILES string of the molecule is CCn1ccnc(Nc2ccc(F)cc2)c1=O. The van der Waals surface area contributed by atoms with Crippen molar-refractivity contribution in [1.29, 1.82) is 0 Å². The molecule has 17 heavy (non-hydrogen) atoms. The number of nitrogens with zero attached hydrogens (tertiary/aromatic N) is 2. The van der Waals surface area contributed by atoms with E-state index in [1.165, 1.54) is 12.1 Å². The third-order valence-corrected chi connectivity index (χ3v) is 2.36. The molecule has 88 valence electrons. The number of aryl methyl sites for hydroxylation is 1. The molecule has 0 atom stereocenters. The molecule has 2 aromatic rings. The van der Waals surface area contributed by atoms with Crippen LogP contribution in [0.15, 0.2) is 41.5 Å². The van der Waals surface area contributed by atoms with Gasteiger partial charge in [0, 0.05) is 24.6 Å². The normalized spacial score (nSPS) is 10.2. The molecule has 1 N–H and O–H groups in total. The number of anilines is 2. The van der Waals surface area contributed by atoms with Crippen LogP contribution in [0.25, 0.3) is 0 Å². The molecule has 1 aromatic heterocycles. The second-order valence-corrected chi connectivity index (χ2v) is 3.50. The number of aromatic nitrogens is 2. The average molecular weight is 233 g/mol. The van der Waals surface area contributed by atoms with Crippen molar-refractivity contribution in [1.82, 2.24) is 9.55 Å². The molecule has 0 aliphatic carbocycles. The van der Waals surface area contributed by atoms with E-state index in [0.29, 0.717) is 12.2 Å². The van der Waals surface area contributed by atoms with Crippen molar-refractivity contribution in [2.24, 2.45) is 0 Å². The van der Waals surface area contributed by atoms with Crippen molar-refractivity contribution in [3.63, 3.8) is 0 Å². The van der Waals surface area contributed by atoms with E-state index in [1.807, 2.05) is 6.92 Å². The van der Waals surface area contributed by atoms with E-state index in [9.17, 15) is 9.18 Å². The summed E-state index contributed by atoms with van der Waals surface area (Å²) in [5, 5.41) is 2.86. The Bertz CT molecular complexity index is 563. The lowest BCUT2D eigenvalue weighted by Gasteiger charge is -2.07. The van der Waals surface area contributed by atoms with E-state index >= 15 is 0 Å². The van der Waals surface area contributed by atoms with Gasteiger partial charge >= 0.3 is 0 Å². The van der Waals surface area contributed by atoms with Crippen LogP contribution in [0.3, 0.4) is 0 Å². The highest BCUT2D eigenvalue weighted by Crippen LogP contribution is 2.11. The van der Waals surface area contributed by atoms with E-state index in [2.05, 4.69) is 10.3 Å². The Labute approximate surface area is 97.7 Å². The van der Waals surface area contributed by atoms with E-state index in [-0.39, 0.29) is 17.2 Å². The zero-order valence-corrected chi connectivity index (χ0v) is 9.35. The van der Waals surface area contributed by atoms with Crippen molar-refractivity contribution in [3.05, 3.63) is 52.8 Å². The predicted octanol–water partition coefficient (Wildman–Crippen LogP) is 2.15. The molecule has 0 fully saturated rings. The maximum Gasteiger partial charge on any atom is 0.293 e. The Hall–Kier alpha value is -2.17. The van der Waals surface area contributed by atoms with Crippen LogP contribution in [-0.4, -0.2) is 9.55 Å². The summed E-state index contributed by atoms with van der Waals surface area (Å²) in [5.74, 6) is -0.0801. The third kappa shape index (κ3) is 2.50. The van der Waals surface area contributed by atoms with Crippen molar-refractivity contribution in [3.8, 4) is 0 Å². The summed E-state index contributed by atoms with van der Waals surface area (Å²) in [5.41, 5.74) is 0.434. The molecule has 0 unspecified atom stereocenters. The summed E-state index contributed by atoms with van der Waals surface area (Å²) in [7, 11) is 0. The molecule has 0 bridgehead atoms. The van der Waals surface area contributed by atoms with Gasteiger partial charge in [0.2, 0.25) is 0 Å². The molecule has 4 nitrogen and oxygen atoms in total. The van der Waals surface area contributed by atoms with Crippen LogP contribution < -0.4 is 10.9 Å². The average Bonchev–Trinajstić information content (AvgIpc) is 2.35. The van der Waals surface area contributed by atoms with Crippen LogP contribution in [0.4, 0.5) is 15.9 Å². The summed E-state index contributed by atoms with van der Waals surface area (Å²) in [6.07, 6.45) is 3.18. The monoisotopic (exact) mass is 233 g/mol. The van der Waals surface area contributed by atoms with Gasteiger partial charge in [-0.2, -0.15) is 0 Å². The molecule has 5 heteroatoms. The van der Waals surface area contributed by atoms with Crippen LogP contribution in [-0.2, 0) is 6.54 Å². The molecule has 1 aromatic carbocycles. The smallest absolute Gasteiger partial charge is 0.293 e. The van der Waals surface area contributed by atoms with E-state index in [4.69, 9.17) is 0 Å². The summed E-state index contributed by atoms with van der Waals surface area (Å²) in [6, 6.07) is 5.76. The maximum absolute atomic E-state index is 12.7. The van der Waals surface area contributed by atoms with Gasteiger partial charge in [0.15, 0.2) is 5.82 Å². The molecule has 2 rings (SSSR count). The van der Waals surface area contributed by atoms with Gasteiger partial charge in [-0.25, -0.2) is 9.37 Å². The molecule has 0 radical (unpaired) electrons. The van der Waals surface area contributed by atoms with Gasteiger partial charge in [0.25, 0.3) is 5.56 Å². The first-order valence-corrected chi connectivity index (χ1v) is 5.28. The van der Waals surface area contributed by atoms with E-state index in [1.54, 1.807) is 29.1 Å². The Balaban J connectivity index is 2.30. The second-order valence-electron chi connectivity index (χ2n) is 3.50. The molecule has 0 saturated heterocycles. The third-order valence-electron chi connectivity index (χ3n) is 2.36. The summed E-state index contributed by atoms with van der Waals surface area (Å²) in [4.78, 5) is 15.8. The molecular formula is C12H12FN3O. The Morgan fingerprint density at radius 2 is 2.06 bits per heavy atom. The number of hydrogen-bond donors (Lipinski definition) is 1. The first-order chi connectivity index (χ1) is 8.20. The topological polar surface area (TPSA) is 46.9 Å². The van der Waals surface area contributed by atoms with E-state index in [0.717, 1.165) is 0 Å². The van der Waals surface area contributed by atoms with Crippen LogP contribution in [0, 0.1) is 5.82 Å². The highest BCUT2D eigenvalue weighted by atomic mass is 19.1. The second kappa shape index (κ2) is 4.78. The fourth-order valence-corrected chi connectivity index (χ4v) is 1.45. The summed E-state index contributed by atoms with van der Waals surface area (Å²) >= 11 is 0. The Kier molecular flexibility index (Phi) is 3.18. The van der Waals surface area contributed by atoms with Crippen LogP contribution >= 0.6 is 0 Å². The minimum absolute atomic E-state index is 0.195. The molecular weight excluding hydrogens is 221 g/mol. The number of nitrogens with one attached hydrogen (secondary N) is 1. The van der Waals surface area contributed by atoms with Crippen molar-refractivity contribution < 1.29 is 4.39 Å². The van der Waals surface area contributed by atoms with Crippen LogP contribution in [0.5, 0.6) is 0 Å². The highest BCUT2D eigenvalue weighted by Gasteiger charge is 2.03. The lowest BCUT2D eigenvalue weighted by molar-refractivity contribution is 0.628. The van der Waals surface area contributed by atoms with Crippen molar-refractivity contribution >= 4 is 11.5 Å². The van der Waals surface area contributed by atoms with Gasteiger partial charge in [-0.05, 0) is 31.2 Å².